The number of nitrogens with zero attached hydrogens (tertiary/aromatic N) is 1. The number of carbonyl (C=O) groups is 1. The molecule has 0 aliphatic heterocycles. The predicted molar refractivity (Wildman–Crippen MR) is 142 cm³/mol. The molecule has 158 valence electrons. The van der Waals surface area contributed by atoms with E-state index in [1.54, 1.807) is 0 Å². The lowest BCUT2D eigenvalue weighted by Gasteiger charge is -2.26. The van der Waals surface area contributed by atoms with Crippen molar-refractivity contribution in [3.8, 4) is 0 Å². The van der Waals surface area contributed by atoms with Gasteiger partial charge in [-0.25, -0.2) is 0 Å². The minimum absolute atomic E-state index is 0.0225. The molecule has 32 heavy (non-hydrogen) atoms. The lowest BCUT2D eigenvalue weighted by Crippen LogP contribution is -2.32. The summed E-state index contributed by atoms with van der Waals surface area (Å²) in [6.45, 7) is 2.57. The topological polar surface area (TPSA) is 20.3 Å². The largest absolute Gasteiger partial charge is 0.303 e. The summed E-state index contributed by atoms with van der Waals surface area (Å²) in [5.74, 6) is -0.0225. The first kappa shape index (κ1) is 22.0. The number of amides is 1. The van der Waals surface area contributed by atoms with E-state index in [9.17, 15) is 4.79 Å². The summed E-state index contributed by atoms with van der Waals surface area (Å²) < 4.78 is 1.05. The predicted octanol–water partition coefficient (Wildman–Crippen LogP) is 7.37. The Bertz CT molecular complexity index is 1220. The third-order valence-electron chi connectivity index (χ3n) is 5.25. The van der Waals surface area contributed by atoms with Crippen LogP contribution in [0.4, 0.5) is 5.69 Å². The summed E-state index contributed by atoms with van der Waals surface area (Å²) in [7, 11) is 0. The molecular formula is C29H24INO. The highest BCUT2D eigenvalue weighted by molar-refractivity contribution is 14.1. The third kappa shape index (κ3) is 5.35. The summed E-state index contributed by atoms with van der Waals surface area (Å²) in [4.78, 5) is 16.0. The molecule has 3 heteroatoms. The molecular weight excluding hydrogens is 505 g/mol. The normalized spacial score (nSPS) is 11.2. The van der Waals surface area contributed by atoms with Crippen LogP contribution in [0.25, 0.3) is 11.6 Å². The van der Waals surface area contributed by atoms with E-state index < -0.39 is 0 Å². The van der Waals surface area contributed by atoms with Gasteiger partial charge in [-0.2, -0.15) is 0 Å². The Balaban J connectivity index is 1.83. The fourth-order valence-electron chi connectivity index (χ4n) is 3.61. The number of halogens is 1. The lowest BCUT2D eigenvalue weighted by molar-refractivity contribution is -0.113. The lowest BCUT2D eigenvalue weighted by atomic mass is 10.0. The van der Waals surface area contributed by atoms with E-state index >= 15 is 0 Å². The Labute approximate surface area is 203 Å². The Morgan fingerprint density at radius 1 is 0.812 bits per heavy atom. The van der Waals surface area contributed by atoms with E-state index in [0.29, 0.717) is 12.1 Å². The highest BCUT2D eigenvalue weighted by atomic mass is 127. The number of rotatable bonds is 6. The Kier molecular flexibility index (Phi) is 7.17. The highest BCUT2D eigenvalue weighted by Crippen LogP contribution is 2.30. The molecule has 0 atom stereocenters. The van der Waals surface area contributed by atoms with Gasteiger partial charge in [0.2, 0.25) is 0 Å². The van der Waals surface area contributed by atoms with Crippen LogP contribution < -0.4 is 4.90 Å². The maximum Gasteiger partial charge on any atom is 0.259 e. The zero-order valence-electron chi connectivity index (χ0n) is 17.9. The van der Waals surface area contributed by atoms with Gasteiger partial charge in [-0.15, -0.1) is 0 Å². The minimum atomic E-state index is -0.0225. The van der Waals surface area contributed by atoms with E-state index in [-0.39, 0.29) is 5.91 Å². The monoisotopic (exact) mass is 529 g/mol. The molecule has 0 spiro atoms. The number of hydrogen-bond donors (Lipinski definition) is 0. The molecule has 0 saturated heterocycles. The van der Waals surface area contributed by atoms with Crippen LogP contribution in [0.15, 0.2) is 109 Å². The second kappa shape index (κ2) is 10.4. The fraction of sp³-hybridized carbons (Fsp3) is 0.0690. The summed E-state index contributed by atoms with van der Waals surface area (Å²) in [5, 5.41) is 0. The molecule has 2 nitrogen and oxygen atoms in total. The molecule has 0 N–H and O–H groups in total. The molecule has 0 unspecified atom stereocenters. The van der Waals surface area contributed by atoms with E-state index in [4.69, 9.17) is 0 Å². The van der Waals surface area contributed by atoms with Crippen molar-refractivity contribution < 1.29 is 4.79 Å². The van der Waals surface area contributed by atoms with E-state index in [1.165, 1.54) is 5.56 Å². The molecule has 4 rings (SSSR count). The van der Waals surface area contributed by atoms with Crippen LogP contribution in [0.3, 0.4) is 0 Å². The van der Waals surface area contributed by atoms with E-state index in [2.05, 4.69) is 53.8 Å². The molecule has 0 aromatic heterocycles. The molecule has 1 amide bonds. The number of anilines is 1. The summed E-state index contributed by atoms with van der Waals surface area (Å²) in [6, 6.07) is 36.3. The molecule has 0 bridgehead atoms. The van der Waals surface area contributed by atoms with E-state index in [0.717, 1.165) is 25.9 Å². The number of benzene rings is 4. The minimum Gasteiger partial charge on any atom is -0.303 e. The molecule has 0 aliphatic carbocycles. The first-order chi connectivity index (χ1) is 15.6. The van der Waals surface area contributed by atoms with Crippen LogP contribution in [0.1, 0.15) is 22.3 Å². The zero-order chi connectivity index (χ0) is 22.3. The van der Waals surface area contributed by atoms with Gasteiger partial charge < -0.3 is 4.90 Å². The first-order valence-electron chi connectivity index (χ1n) is 10.6. The van der Waals surface area contributed by atoms with Gasteiger partial charge in [0.25, 0.3) is 5.91 Å². The molecule has 0 aliphatic rings. The van der Waals surface area contributed by atoms with Crippen LogP contribution in [-0.2, 0) is 11.3 Å². The average Bonchev–Trinajstić information content (AvgIpc) is 2.83. The number of carbonyl (C=O) groups excluding carboxylic acids is 1. The van der Waals surface area contributed by atoms with Gasteiger partial charge in [0.05, 0.1) is 12.2 Å². The van der Waals surface area contributed by atoms with Gasteiger partial charge in [0, 0.05) is 9.14 Å². The Hall–Kier alpha value is -3.18. The van der Waals surface area contributed by atoms with Crippen molar-refractivity contribution in [1.29, 1.82) is 0 Å². The standard InChI is InChI=1S/C29H24INO/c1-22-17-18-28(27(30)19-22)31(21-24-13-7-3-8-14-24)29(32)26(25-15-9-4-10-16-25)20-23-11-5-2-6-12-23/h2-20H,21H2,1H3/b26-20+. The average molecular weight is 529 g/mol. The van der Waals surface area contributed by atoms with Crippen molar-refractivity contribution in [3.05, 3.63) is 135 Å². The van der Waals surface area contributed by atoms with Gasteiger partial charge in [0.1, 0.15) is 0 Å². The third-order valence-corrected chi connectivity index (χ3v) is 6.11. The van der Waals surface area contributed by atoms with Crippen molar-refractivity contribution in [2.45, 2.75) is 13.5 Å². The van der Waals surface area contributed by atoms with Crippen molar-refractivity contribution in [1.82, 2.24) is 0 Å². The van der Waals surface area contributed by atoms with Crippen molar-refractivity contribution in [2.24, 2.45) is 0 Å². The molecule has 0 heterocycles. The van der Waals surface area contributed by atoms with Crippen molar-refractivity contribution >= 4 is 45.8 Å². The summed E-state index contributed by atoms with van der Waals surface area (Å²) in [5.41, 5.74) is 5.75. The van der Waals surface area contributed by atoms with Gasteiger partial charge in [-0.1, -0.05) is 97.1 Å². The maximum atomic E-state index is 14.1. The number of aryl methyl sites for hydroxylation is 1. The van der Waals surface area contributed by atoms with Gasteiger partial charge in [-0.3, -0.25) is 4.79 Å². The van der Waals surface area contributed by atoms with Crippen LogP contribution in [0.5, 0.6) is 0 Å². The van der Waals surface area contributed by atoms with Crippen LogP contribution in [0.2, 0.25) is 0 Å². The van der Waals surface area contributed by atoms with Crippen LogP contribution in [-0.4, -0.2) is 5.91 Å². The first-order valence-corrected chi connectivity index (χ1v) is 11.6. The smallest absolute Gasteiger partial charge is 0.259 e. The Morgan fingerprint density at radius 2 is 1.41 bits per heavy atom. The zero-order valence-corrected chi connectivity index (χ0v) is 20.1. The molecule has 0 radical (unpaired) electrons. The highest BCUT2D eigenvalue weighted by Gasteiger charge is 2.23. The van der Waals surface area contributed by atoms with Crippen LogP contribution in [0, 0.1) is 10.5 Å². The maximum absolute atomic E-state index is 14.1. The molecule has 4 aromatic carbocycles. The second-order valence-electron chi connectivity index (χ2n) is 7.67. The Morgan fingerprint density at radius 3 is 2.03 bits per heavy atom. The van der Waals surface area contributed by atoms with Gasteiger partial charge in [0.15, 0.2) is 0 Å². The van der Waals surface area contributed by atoms with Gasteiger partial charge >= 0.3 is 0 Å². The molecule has 0 saturated carbocycles. The van der Waals surface area contributed by atoms with Crippen molar-refractivity contribution in [2.75, 3.05) is 4.90 Å². The SMILES string of the molecule is Cc1ccc(N(Cc2ccccc2)C(=O)/C(=C/c2ccccc2)c2ccccc2)c(I)c1. The number of hydrogen-bond acceptors (Lipinski definition) is 1. The summed E-state index contributed by atoms with van der Waals surface area (Å²) in [6.07, 6.45) is 1.98. The quantitative estimate of drug-likeness (QED) is 0.145. The molecule has 4 aromatic rings. The van der Waals surface area contributed by atoms with Gasteiger partial charge in [-0.05, 0) is 70.0 Å². The van der Waals surface area contributed by atoms with E-state index in [1.807, 2.05) is 95.9 Å². The molecule has 0 fully saturated rings. The second-order valence-corrected chi connectivity index (χ2v) is 8.83. The van der Waals surface area contributed by atoms with Crippen molar-refractivity contribution in [3.63, 3.8) is 0 Å². The fourth-order valence-corrected chi connectivity index (χ4v) is 4.57. The van der Waals surface area contributed by atoms with Crippen LogP contribution >= 0.6 is 22.6 Å². The summed E-state index contributed by atoms with van der Waals surface area (Å²) >= 11 is 2.33.